The Morgan fingerprint density at radius 1 is 1.53 bits per heavy atom. The average molecular weight is 208 g/mol. The molecule has 1 N–H and O–H groups in total. The molecule has 4 nitrogen and oxygen atoms in total. The molecule has 2 unspecified atom stereocenters. The Labute approximate surface area is 91.1 Å². The van der Waals surface area contributed by atoms with E-state index in [1.165, 1.54) is 25.7 Å². The molecular weight excluding hydrogens is 188 g/mol. The van der Waals surface area contributed by atoms with Crippen LogP contribution >= 0.6 is 0 Å². The fraction of sp³-hybridized carbons (Fsp3) is 0.818. The van der Waals surface area contributed by atoms with Gasteiger partial charge in [-0.15, -0.1) is 0 Å². The zero-order chi connectivity index (χ0) is 10.7. The lowest BCUT2D eigenvalue weighted by molar-refractivity contribution is 0.265. The molecule has 1 aliphatic carbocycles. The minimum atomic E-state index is 0.576. The molecule has 1 aliphatic rings. The zero-order valence-corrected chi connectivity index (χ0v) is 9.61. The highest BCUT2D eigenvalue weighted by Crippen LogP contribution is 2.31. The maximum absolute atomic E-state index is 4.50. The van der Waals surface area contributed by atoms with Crippen molar-refractivity contribution in [3.63, 3.8) is 0 Å². The molecule has 4 heteroatoms. The number of hydrogen-bond acceptors (Lipinski definition) is 3. The van der Waals surface area contributed by atoms with Gasteiger partial charge in [0.15, 0.2) is 5.82 Å². The van der Waals surface area contributed by atoms with Gasteiger partial charge < -0.3 is 5.32 Å². The molecular formula is C11H20N4. The number of hydrogen-bond donors (Lipinski definition) is 1. The highest BCUT2D eigenvalue weighted by Gasteiger charge is 2.21. The van der Waals surface area contributed by atoms with E-state index in [1.807, 2.05) is 13.4 Å². The summed E-state index contributed by atoms with van der Waals surface area (Å²) in [4.78, 5) is 4.30. The fourth-order valence-electron chi connectivity index (χ4n) is 2.37. The Kier molecular flexibility index (Phi) is 3.36. The van der Waals surface area contributed by atoms with Crippen LogP contribution in [0.3, 0.4) is 0 Å². The smallest absolute Gasteiger partial charge is 0.164 e. The first-order valence-corrected chi connectivity index (χ1v) is 5.84. The predicted octanol–water partition coefficient (Wildman–Crippen LogP) is 1.75. The van der Waals surface area contributed by atoms with Crippen LogP contribution in [-0.2, 0) is 6.54 Å². The van der Waals surface area contributed by atoms with Crippen LogP contribution < -0.4 is 5.32 Å². The SMILES string of the molecule is CNCc1ncn(C2CCCC(C)C2)n1. The molecule has 84 valence electrons. The minimum Gasteiger partial charge on any atom is -0.313 e. The van der Waals surface area contributed by atoms with Gasteiger partial charge in [-0.3, -0.25) is 0 Å². The zero-order valence-electron chi connectivity index (χ0n) is 9.61. The maximum Gasteiger partial charge on any atom is 0.164 e. The van der Waals surface area contributed by atoms with Crippen molar-refractivity contribution in [2.45, 2.75) is 45.2 Å². The monoisotopic (exact) mass is 208 g/mol. The second-order valence-corrected chi connectivity index (χ2v) is 4.60. The van der Waals surface area contributed by atoms with Crippen molar-refractivity contribution in [3.8, 4) is 0 Å². The normalized spacial score (nSPS) is 26.8. The van der Waals surface area contributed by atoms with E-state index in [4.69, 9.17) is 0 Å². The van der Waals surface area contributed by atoms with Gasteiger partial charge in [-0.25, -0.2) is 9.67 Å². The number of nitrogens with zero attached hydrogens (tertiary/aromatic N) is 3. The third-order valence-corrected chi connectivity index (χ3v) is 3.17. The first-order valence-electron chi connectivity index (χ1n) is 5.84. The van der Waals surface area contributed by atoms with Gasteiger partial charge in [0.2, 0.25) is 0 Å². The third-order valence-electron chi connectivity index (χ3n) is 3.17. The average Bonchev–Trinajstić information content (AvgIpc) is 2.67. The van der Waals surface area contributed by atoms with Gasteiger partial charge in [-0.05, 0) is 25.8 Å². The lowest BCUT2D eigenvalue weighted by atomic mass is 9.87. The predicted molar refractivity (Wildman–Crippen MR) is 59.5 cm³/mol. The van der Waals surface area contributed by atoms with Crippen LogP contribution in [0.4, 0.5) is 0 Å². The molecule has 2 atom stereocenters. The van der Waals surface area contributed by atoms with Crippen molar-refractivity contribution in [2.24, 2.45) is 5.92 Å². The summed E-state index contributed by atoms with van der Waals surface area (Å²) >= 11 is 0. The first kappa shape index (κ1) is 10.6. The Balaban J connectivity index is 2.01. The molecule has 0 spiro atoms. The van der Waals surface area contributed by atoms with Crippen LogP contribution in [0.15, 0.2) is 6.33 Å². The Morgan fingerprint density at radius 3 is 3.13 bits per heavy atom. The molecule has 0 amide bonds. The van der Waals surface area contributed by atoms with Gasteiger partial charge in [0, 0.05) is 0 Å². The quantitative estimate of drug-likeness (QED) is 0.823. The van der Waals surface area contributed by atoms with Gasteiger partial charge in [-0.2, -0.15) is 5.10 Å². The number of nitrogens with one attached hydrogen (secondary N) is 1. The second-order valence-electron chi connectivity index (χ2n) is 4.60. The summed E-state index contributed by atoms with van der Waals surface area (Å²) in [7, 11) is 1.92. The van der Waals surface area contributed by atoms with E-state index in [2.05, 4.69) is 27.0 Å². The van der Waals surface area contributed by atoms with E-state index in [-0.39, 0.29) is 0 Å². The van der Waals surface area contributed by atoms with E-state index in [9.17, 15) is 0 Å². The van der Waals surface area contributed by atoms with Gasteiger partial charge in [0.25, 0.3) is 0 Å². The standard InChI is InChI=1S/C11H20N4/c1-9-4-3-5-10(6-9)15-8-13-11(14-15)7-12-2/h8-10,12H,3-7H2,1-2H3. The van der Waals surface area contributed by atoms with Crippen molar-refractivity contribution < 1.29 is 0 Å². The second kappa shape index (κ2) is 4.75. The molecule has 1 aromatic heterocycles. The summed E-state index contributed by atoms with van der Waals surface area (Å²) in [6, 6.07) is 0.576. The summed E-state index contributed by atoms with van der Waals surface area (Å²) in [5.41, 5.74) is 0. The van der Waals surface area contributed by atoms with Crippen LogP contribution in [0.25, 0.3) is 0 Å². The molecule has 0 bridgehead atoms. The molecule has 2 rings (SSSR count). The van der Waals surface area contributed by atoms with Gasteiger partial charge >= 0.3 is 0 Å². The Bertz CT molecular complexity index is 307. The van der Waals surface area contributed by atoms with Crippen molar-refractivity contribution in [3.05, 3.63) is 12.2 Å². The lowest BCUT2D eigenvalue weighted by Gasteiger charge is -2.26. The first-order chi connectivity index (χ1) is 7.29. The van der Waals surface area contributed by atoms with E-state index >= 15 is 0 Å². The summed E-state index contributed by atoms with van der Waals surface area (Å²) in [5, 5.41) is 7.57. The van der Waals surface area contributed by atoms with Crippen molar-refractivity contribution in [1.29, 1.82) is 0 Å². The van der Waals surface area contributed by atoms with Crippen LogP contribution in [0.1, 0.15) is 44.5 Å². The summed E-state index contributed by atoms with van der Waals surface area (Å²) in [6.45, 7) is 3.09. The topological polar surface area (TPSA) is 42.7 Å². The molecule has 0 saturated heterocycles. The van der Waals surface area contributed by atoms with E-state index in [0.29, 0.717) is 6.04 Å². The largest absolute Gasteiger partial charge is 0.313 e. The summed E-state index contributed by atoms with van der Waals surface area (Å²) in [6.07, 6.45) is 7.09. The van der Waals surface area contributed by atoms with Crippen LogP contribution in [0.5, 0.6) is 0 Å². The molecule has 15 heavy (non-hydrogen) atoms. The third kappa shape index (κ3) is 2.56. The van der Waals surface area contributed by atoms with E-state index < -0.39 is 0 Å². The molecule has 1 saturated carbocycles. The van der Waals surface area contributed by atoms with Gasteiger partial charge in [-0.1, -0.05) is 19.8 Å². The lowest BCUT2D eigenvalue weighted by Crippen LogP contribution is -2.18. The highest BCUT2D eigenvalue weighted by molar-refractivity contribution is 4.84. The van der Waals surface area contributed by atoms with Crippen LogP contribution in [0, 0.1) is 5.92 Å². The molecule has 1 fully saturated rings. The maximum atomic E-state index is 4.50. The minimum absolute atomic E-state index is 0.576. The van der Waals surface area contributed by atoms with Crippen molar-refractivity contribution >= 4 is 0 Å². The molecule has 0 radical (unpaired) electrons. The van der Waals surface area contributed by atoms with Crippen LogP contribution in [0.2, 0.25) is 0 Å². The van der Waals surface area contributed by atoms with Gasteiger partial charge in [0.1, 0.15) is 6.33 Å². The number of aromatic nitrogens is 3. The van der Waals surface area contributed by atoms with Gasteiger partial charge in [0.05, 0.1) is 12.6 Å². The molecule has 0 aromatic carbocycles. The molecule has 1 aromatic rings. The summed E-state index contributed by atoms with van der Waals surface area (Å²) in [5.74, 6) is 1.73. The molecule has 0 aliphatic heterocycles. The van der Waals surface area contributed by atoms with E-state index in [0.717, 1.165) is 18.3 Å². The highest BCUT2D eigenvalue weighted by atomic mass is 15.3. The summed E-state index contributed by atoms with van der Waals surface area (Å²) < 4.78 is 2.06. The van der Waals surface area contributed by atoms with E-state index in [1.54, 1.807) is 0 Å². The Morgan fingerprint density at radius 2 is 2.40 bits per heavy atom. The van der Waals surface area contributed by atoms with Crippen LogP contribution in [-0.4, -0.2) is 21.8 Å². The number of rotatable bonds is 3. The van der Waals surface area contributed by atoms with Crippen molar-refractivity contribution in [1.82, 2.24) is 20.1 Å². The fourth-order valence-corrected chi connectivity index (χ4v) is 2.37. The Hall–Kier alpha value is -0.900. The van der Waals surface area contributed by atoms with Crippen molar-refractivity contribution in [2.75, 3.05) is 7.05 Å². The molecule has 1 heterocycles.